The Balaban J connectivity index is 1.78. The minimum atomic E-state index is 0.453. The van der Waals surface area contributed by atoms with Crippen molar-refractivity contribution in [2.45, 2.75) is 25.3 Å². The van der Waals surface area contributed by atoms with Gasteiger partial charge in [0.15, 0.2) is 0 Å². The molecule has 1 aliphatic carbocycles. The van der Waals surface area contributed by atoms with Gasteiger partial charge in [0.1, 0.15) is 0 Å². The second kappa shape index (κ2) is 5.52. The number of hydrogen-bond acceptors (Lipinski definition) is 4. The second-order valence-electron chi connectivity index (χ2n) is 6.65. The summed E-state index contributed by atoms with van der Waals surface area (Å²) >= 11 is 0. The number of nitrogens with two attached hydrogens (primary N) is 1. The quantitative estimate of drug-likeness (QED) is 0.878. The molecule has 22 heavy (non-hydrogen) atoms. The lowest BCUT2D eigenvalue weighted by atomic mass is 9.87. The summed E-state index contributed by atoms with van der Waals surface area (Å²) in [5.74, 6) is 0. The van der Waals surface area contributed by atoms with Gasteiger partial charge in [-0.05, 0) is 32.4 Å². The van der Waals surface area contributed by atoms with E-state index >= 15 is 0 Å². The van der Waals surface area contributed by atoms with Crippen LogP contribution in [0.4, 0.5) is 5.69 Å². The molecular formula is C18H24N4. The van der Waals surface area contributed by atoms with Crippen LogP contribution in [0.2, 0.25) is 0 Å². The minimum absolute atomic E-state index is 0.453. The lowest BCUT2D eigenvalue weighted by Gasteiger charge is -2.40. The number of aryl methyl sites for hydroxylation is 1. The third-order valence-corrected chi connectivity index (χ3v) is 5.25. The Morgan fingerprint density at radius 1 is 1.14 bits per heavy atom. The molecule has 0 amide bonds. The van der Waals surface area contributed by atoms with Gasteiger partial charge in [-0.15, -0.1) is 0 Å². The van der Waals surface area contributed by atoms with E-state index in [4.69, 9.17) is 10.7 Å². The molecule has 2 aliphatic rings. The van der Waals surface area contributed by atoms with Crippen molar-refractivity contribution in [2.24, 2.45) is 0 Å². The molecule has 1 aromatic carbocycles. The molecule has 2 aromatic rings. The number of nitrogen functional groups attached to an aromatic ring is 1. The van der Waals surface area contributed by atoms with Crippen molar-refractivity contribution >= 4 is 16.6 Å². The second-order valence-corrected chi connectivity index (χ2v) is 6.65. The van der Waals surface area contributed by atoms with Gasteiger partial charge in [-0.2, -0.15) is 0 Å². The maximum absolute atomic E-state index is 6.59. The fourth-order valence-corrected chi connectivity index (χ4v) is 3.97. The average Bonchev–Trinajstić information content (AvgIpc) is 2.55. The highest BCUT2D eigenvalue weighted by Gasteiger charge is 2.31. The normalized spacial score (nSPS) is 23.6. The Kier molecular flexibility index (Phi) is 3.51. The number of piperazine rings is 1. The maximum atomic E-state index is 6.59. The third-order valence-electron chi connectivity index (χ3n) is 5.25. The number of aromatic nitrogens is 1. The van der Waals surface area contributed by atoms with Gasteiger partial charge in [0.05, 0.1) is 5.52 Å². The number of benzene rings is 1. The zero-order chi connectivity index (χ0) is 15.1. The highest BCUT2D eigenvalue weighted by atomic mass is 15.3. The van der Waals surface area contributed by atoms with Gasteiger partial charge >= 0.3 is 0 Å². The Labute approximate surface area is 131 Å². The largest absolute Gasteiger partial charge is 0.398 e. The van der Waals surface area contributed by atoms with E-state index in [1.807, 2.05) is 6.07 Å². The third kappa shape index (κ3) is 2.27. The van der Waals surface area contributed by atoms with Crippen molar-refractivity contribution in [1.82, 2.24) is 14.8 Å². The first-order valence-electron chi connectivity index (χ1n) is 8.33. The average molecular weight is 296 g/mol. The molecule has 1 unspecified atom stereocenters. The predicted octanol–water partition coefficient (Wildman–Crippen LogP) is 2.44. The van der Waals surface area contributed by atoms with Crippen LogP contribution in [0.5, 0.6) is 0 Å². The fourth-order valence-electron chi connectivity index (χ4n) is 3.97. The lowest BCUT2D eigenvalue weighted by molar-refractivity contribution is 0.102. The Morgan fingerprint density at radius 3 is 2.73 bits per heavy atom. The van der Waals surface area contributed by atoms with Crippen molar-refractivity contribution in [2.75, 3.05) is 39.0 Å². The molecule has 1 fully saturated rings. The van der Waals surface area contributed by atoms with Crippen molar-refractivity contribution in [3.63, 3.8) is 0 Å². The first-order valence-corrected chi connectivity index (χ1v) is 8.33. The van der Waals surface area contributed by atoms with Crippen LogP contribution in [0.15, 0.2) is 24.3 Å². The number of nitrogens with zero attached hydrogens (tertiary/aromatic N) is 3. The predicted molar refractivity (Wildman–Crippen MR) is 90.9 cm³/mol. The molecule has 2 heterocycles. The van der Waals surface area contributed by atoms with Crippen LogP contribution in [0.3, 0.4) is 0 Å². The summed E-state index contributed by atoms with van der Waals surface area (Å²) in [4.78, 5) is 9.94. The lowest BCUT2D eigenvalue weighted by Crippen LogP contribution is -2.46. The number of hydrogen-bond donors (Lipinski definition) is 1. The van der Waals surface area contributed by atoms with Crippen molar-refractivity contribution in [3.05, 3.63) is 35.5 Å². The van der Waals surface area contributed by atoms with E-state index in [0.717, 1.165) is 49.2 Å². The standard InChI is InChI=1S/C18H24N4/c1-21-9-11-22(12-10-21)16-8-4-7-15-17(16)18(19)13-5-2-3-6-14(13)20-15/h2-3,5-6,16H,4,7-12H2,1H3,(H2,19,20). The number of fused-ring (bicyclic) bond motifs is 2. The van der Waals surface area contributed by atoms with Crippen molar-refractivity contribution < 1.29 is 0 Å². The molecule has 1 atom stereocenters. The number of para-hydroxylation sites is 1. The van der Waals surface area contributed by atoms with E-state index < -0.39 is 0 Å². The number of likely N-dealkylation sites (N-methyl/N-ethyl adjacent to an activating group) is 1. The van der Waals surface area contributed by atoms with E-state index in [2.05, 4.69) is 35.0 Å². The molecule has 1 aliphatic heterocycles. The smallest absolute Gasteiger partial charge is 0.0726 e. The van der Waals surface area contributed by atoms with Crippen LogP contribution in [0.1, 0.15) is 30.1 Å². The zero-order valence-corrected chi connectivity index (χ0v) is 13.3. The van der Waals surface area contributed by atoms with Crippen LogP contribution < -0.4 is 5.73 Å². The summed E-state index contributed by atoms with van der Waals surface area (Å²) in [6.07, 6.45) is 3.49. The highest BCUT2D eigenvalue weighted by molar-refractivity contribution is 5.92. The highest BCUT2D eigenvalue weighted by Crippen LogP contribution is 2.40. The first-order chi connectivity index (χ1) is 10.7. The van der Waals surface area contributed by atoms with E-state index in [1.54, 1.807) is 0 Å². The molecule has 0 bridgehead atoms. The summed E-state index contributed by atoms with van der Waals surface area (Å²) in [5, 5.41) is 1.11. The molecule has 4 rings (SSSR count). The molecule has 116 valence electrons. The van der Waals surface area contributed by atoms with Crippen LogP contribution >= 0.6 is 0 Å². The van der Waals surface area contributed by atoms with Gasteiger partial charge < -0.3 is 10.6 Å². The van der Waals surface area contributed by atoms with Gasteiger partial charge in [-0.1, -0.05) is 18.2 Å². The minimum Gasteiger partial charge on any atom is -0.398 e. The fraction of sp³-hybridized carbons (Fsp3) is 0.500. The Bertz CT molecular complexity index is 689. The Morgan fingerprint density at radius 2 is 1.91 bits per heavy atom. The van der Waals surface area contributed by atoms with Crippen LogP contribution in [-0.4, -0.2) is 48.0 Å². The molecule has 1 aromatic heterocycles. The maximum Gasteiger partial charge on any atom is 0.0726 e. The molecule has 0 saturated carbocycles. The number of rotatable bonds is 1. The SMILES string of the molecule is CN1CCN(C2CCCc3nc4ccccc4c(N)c32)CC1. The van der Waals surface area contributed by atoms with Gasteiger partial charge in [0, 0.05) is 54.6 Å². The number of pyridine rings is 1. The Hall–Kier alpha value is -1.65. The molecule has 0 spiro atoms. The summed E-state index contributed by atoms with van der Waals surface area (Å²) in [5.41, 5.74) is 11.1. The van der Waals surface area contributed by atoms with Crippen molar-refractivity contribution in [1.29, 1.82) is 0 Å². The molecule has 4 nitrogen and oxygen atoms in total. The number of anilines is 1. The van der Waals surface area contributed by atoms with E-state index in [0.29, 0.717) is 6.04 Å². The summed E-state index contributed by atoms with van der Waals surface area (Å²) in [7, 11) is 2.20. The van der Waals surface area contributed by atoms with Crippen molar-refractivity contribution in [3.8, 4) is 0 Å². The molecule has 1 saturated heterocycles. The van der Waals surface area contributed by atoms with E-state index in [1.165, 1.54) is 24.1 Å². The first kappa shape index (κ1) is 14.0. The zero-order valence-electron chi connectivity index (χ0n) is 13.3. The monoisotopic (exact) mass is 296 g/mol. The van der Waals surface area contributed by atoms with Crippen LogP contribution in [0, 0.1) is 0 Å². The van der Waals surface area contributed by atoms with Gasteiger partial charge in [-0.3, -0.25) is 9.88 Å². The van der Waals surface area contributed by atoms with Gasteiger partial charge in [-0.25, -0.2) is 0 Å². The molecule has 4 heteroatoms. The molecule has 2 N–H and O–H groups in total. The summed E-state index contributed by atoms with van der Waals surface area (Å²) in [6.45, 7) is 4.55. The topological polar surface area (TPSA) is 45.4 Å². The van der Waals surface area contributed by atoms with E-state index in [9.17, 15) is 0 Å². The van der Waals surface area contributed by atoms with Gasteiger partial charge in [0.2, 0.25) is 0 Å². The summed E-state index contributed by atoms with van der Waals surface area (Å²) in [6, 6.07) is 8.73. The molecular weight excluding hydrogens is 272 g/mol. The van der Waals surface area contributed by atoms with Crippen LogP contribution in [0.25, 0.3) is 10.9 Å². The van der Waals surface area contributed by atoms with Crippen LogP contribution in [-0.2, 0) is 6.42 Å². The molecule has 0 radical (unpaired) electrons. The summed E-state index contributed by atoms with van der Waals surface area (Å²) < 4.78 is 0. The van der Waals surface area contributed by atoms with Gasteiger partial charge in [0.25, 0.3) is 0 Å². The van der Waals surface area contributed by atoms with E-state index in [-0.39, 0.29) is 0 Å².